The van der Waals surface area contributed by atoms with Crippen LogP contribution in [0.5, 0.6) is 0 Å². The van der Waals surface area contributed by atoms with Crippen LogP contribution in [0.4, 0.5) is 0 Å². The third-order valence-corrected chi connectivity index (χ3v) is 2.46. The summed E-state index contributed by atoms with van der Waals surface area (Å²) in [6.45, 7) is 3.64. The van der Waals surface area contributed by atoms with Crippen molar-refractivity contribution >= 4 is 11.6 Å². The van der Waals surface area contributed by atoms with E-state index in [1.54, 1.807) is 31.2 Å². The van der Waals surface area contributed by atoms with Gasteiger partial charge in [0.05, 0.1) is 0 Å². The van der Waals surface area contributed by atoms with E-state index in [-0.39, 0.29) is 5.91 Å². The zero-order chi connectivity index (χ0) is 13.0. The average molecular weight is 242 g/mol. The lowest BCUT2D eigenvalue weighted by Crippen LogP contribution is -2.19. The Balaban J connectivity index is 2.05. The molecule has 1 amide bonds. The van der Waals surface area contributed by atoms with Gasteiger partial charge in [0.2, 0.25) is 0 Å². The summed E-state index contributed by atoms with van der Waals surface area (Å²) in [5, 5.41) is 4.01. The fourth-order valence-electron chi connectivity index (χ4n) is 1.47. The van der Waals surface area contributed by atoms with Gasteiger partial charge in [-0.05, 0) is 38.1 Å². The molecule has 1 N–H and O–H groups in total. The Kier molecular flexibility index (Phi) is 3.57. The fourth-order valence-corrected chi connectivity index (χ4v) is 1.47. The van der Waals surface area contributed by atoms with Gasteiger partial charge in [0.25, 0.3) is 5.91 Å². The highest BCUT2D eigenvalue weighted by Crippen LogP contribution is 2.07. The zero-order valence-corrected chi connectivity index (χ0v) is 10.3. The number of amides is 1. The first kappa shape index (κ1) is 12.1. The van der Waals surface area contributed by atoms with Gasteiger partial charge >= 0.3 is 0 Å². The second-order valence-electron chi connectivity index (χ2n) is 3.91. The van der Waals surface area contributed by atoms with Crippen LogP contribution in [0.15, 0.2) is 52.0 Å². The molecule has 4 nitrogen and oxygen atoms in total. The number of nitrogens with zero attached hydrogens (tertiary/aromatic N) is 1. The third-order valence-electron chi connectivity index (χ3n) is 2.46. The second kappa shape index (κ2) is 5.31. The number of furan rings is 1. The summed E-state index contributed by atoms with van der Waals surface area (Å²) in [6, 6.07) is 12.6. The number of aryl methyl sites for hydroxylation is 1. The molecule has 4 heteroatoms. The van der Waals surface area contributed by atoms with Crippen LogP contribution in [0.3, 0.4) is 0 Å². The van der Waals surface area contributed by atoms with E-state index in [1.165, 1.54) is 0 Å². The largest absolute Gasteiger partial charge is 0.460 e. The average Bonchev–Trinajstić information content (AvgIpc) is 2.83. The highest BCUT2D eigenvalue weighted by Gasteiger charge is 2.05. The molecule has 2 aromatic rings. The molecule has 0 unspecified atom stereocenters. The fraction of sp³-hybridized carbons (Fsp3) is 0.143. The zero-order valence-electron chi connectivity index (χ0n) is 10.3. The van der Waals surface area contributed by atoms with E-state index in [9.17, 15) is 4.79 Å². The van der Waals surface area contributed by atoms with Crippen LogP contribution < -0.4 is 5.43 Å². The van der Waals surface area contributed by atoms with Gasteiger partial charge in [-0.1, -0.05) is 18.2 Å². The highest BCUT2D eigenvalue weighted by molar-refractivity contribution is 5.99. The van der Waals surface area contributed by atoms with Crippen molar-refractivity contribution in [3.63, 3.8) is 0 Å². The van der Waals surface area contributed by atoms with Crippen molar-refractivity contribution < 1.29 is 9.21 Å². The maximum absolute atomic E-state index is 11.7. The van der Waals surface area contributed by atoms with Crippen molar-refractivity contribution in [3.8, 4) is 0 Å². The molecule has 2 rings (SSSR count). The number of hydrazone groups is 1. The first-order valence-corrected chi connectivity index (χ1v) is 5.63. The van der Waals surface area contributed by atoms with E-state index in [2.05, 4.69) is 10.5 Å². The van der Waals surface area contributed by atoms with E-state index in [0.717, 1.165) is 5.76 Å². The van der Waals surface area contributed by atoms with Crippen LogP contribution in [0.1, 0.15) is 28.8 Å². The molecule has 1 aromatic carbocycles. The lowest BCUT2D eigenvalue weighted by atomic mass is 10.2. The molecular formula is C14H14N2O2. The SMILES string of the molecule is C/C(=N\NC(=O)c1ccccc1)c1ccc(C)o1. The number of rotatable bonds is 3. The summed E-state index contributed by atoms with van der Waals surface area (Å²) < 4.78 is 5.40. The molecule has 0 aliphatic carbocycles. The van der Waals surface area contributed by atoms with Crippen molar-refractivity contribution in [3.05, 3.63) is 59.5 Å². The lowest BCUT2D eigenvalue weighted by molar-refractivity contribution is 0.0955. The van der Waals surface area contributed by atoms with E-state index in [4.69, 9.17) is 4.42 Å². The minimum Gasteiger partial charge on any atom is -0.460 e. The van der Waals surface area contributed by atoms with Gasteiger partial charge in [0, 0.05) is 5.56 Å². The molecule has 1 aromatic heterocycles. The number of carbonyl (C=O) groups is 1. The molecule has 0 bridgehead atoms. The van der Waals surface area contributed by atoms with Crippen LogP contribution in [0, 0.1) is 6.92 Å². The normalized spacial score (nSPS) is 11.3. The summed E-state index contributed by atoms with van der Waals surface area (Å²) in [7, 11) is 0. The number of hydrogen-bond acceptors (Lipinski definition) is 3. The van der Waals surface area contributed by atoms with Gasteiger partial charge < -0.3 is 4.42 Å². The van der Waals surface area contributed by atoms with E-state index in [1.807, 2.05) is 25.1 Å². The van der Waals surface area contributed by atoms with Gasteiger partial charge in [0.1, 0.15) is 17.2 Å². The molecule has 0 spiro atoms. The van der Waals surface area contributed by atoms with Crippen molar-refractivity contribution in [2.24, 2.45) is 5.10 Å². The molecular weight excluding hydrogens is 228 g/mol. The number of nitrogens with one attached hydrogen (secondary N) is 1. The quantitative estimate of drug-likeness (QED) is 0.664. The summed E-state index contributed by atoms with van der Waals surface area (Å²) in [5.74, 6) is 1.23. The summed E-state index contributed by atoms with van der Waals surface area (Å²) in [4.78, 5) is 11.7. The number of carbonyl (C=O) groups excluding carboxylic acids is 1. The molecule has 0 radical (unpaired) electrons. The van der Waals surface area contributed by atoms with Crippen LogP contribution in [-0.4, -0.2) is 11.6 Å². The van der Waals surface area contributed by atoms with E-state index in [0.29, 0.717) is 17.0 Å². The van der Waals surface area contributed by atoms with Gasteiger partial charge in [-0.15, -0.1) is 0 Å². The monoisotopic (exact) mass is 242 g/mol. The Morgan fingerprint density at radius 1 is 1.17 bits per heavy atom. The predicted molar refractivity (Wildman–Crippen MR) is 69.6 cm³/mol. The van der Waals surface area contributed by atoms with Crippen LogP contribution in [0.2, 0.25) is 0 Å². The first-order chi connectivity index (χ1) is 8.66. The molecule has 0 aliphatic rings. The number of hydrogen-bond donors (Lipinski definition) is 1. The second-order valence-corrected chi connectivity index (χ2v) is 3.91. The smallest absolute Gasteiger partial charge is 0.271 e. The third kappa shape index (κ3) is 2.85. The first-order valence-electron chi connectivity index (χ1n) is 5.63. The van der Waals surface area contributed by atoms with Gasteiger partial charge in [0.15, 0.2) is 0 Å². The summed E-state index contributed by atoms with van der Waals surface area (Å²) in [6.07, 6.45) is 0. The Labute approximate surface area is 105 Å². The standard InChI is InChI=1S/C14H14N2O2/c1-10-8-9-13(18-10)11(2)15-16-14(17)12-6-4-3-5-7-12/h3-9H,1-2H3,(H,16,17)/b15-11+. The Hall–Kier alpha value is -2.36. The molecule has 18 heavy (non-hydrogen) atoms. The molecule has 92 valence electrons. The van der Waals surface area contributed by atoms with Crippen LogP contribution >= 0.6 is 0 Å². The minimum atomic E-state index is -0.238. The Bertz CT molecular complexity index is 570. The van der Waals surface area contributed by atoms with Gasteiger partial charge in [-0.25, -0.2) is 5.43 Å². The predicted octanol–water partition coefficient (Wildman–Crippen LogP) is 2.74. The van der Waals surface area contributed by atoms with Crippen LogP contribution in [-0.2, 0) is 0 Å². The molecule has 0 aliphatic heterocycles. The highest BCUT2D eigenvalue weighted by atomic mass is 16.3. The van der Waals surface area contributed by atoms with Crippen molar-refractivity contribution in [2.75, 3.05) is 0 Å². The topological polar surface area (TPSA) is 54.6 Å². The molecule has 1 heterocycles. The maximum Gasteiger partial charge on any atom is 0.271 e. The molecule has 0 saturated heterocycles. The Morgan fingerprint density at radius 2 is 1.89 bits per heavy atom. The van der Waals surface area contributed by atoms with Crippen molar-refractivity contribution in [2.45, 2.75) is 13.8 Å². The Morgan fingerprint density at radius 3 is 2.50 bits per heavy atom. The summed E-state index contributed by atoms with van der Waals surface area (Å²) in [5.41, 5.74) is 3.70. The van der Waals surface area contributed by atoms with E-state index < -0.39 is 0 Å². The van der Waals surface area contributed by atoms with Crippen molar-refractivity contribution in [1.82, 2.24) is 5.43 Å². The molecule has 0 saturated carbocycles. The van der Waals surface area contributed by atoms with Gasteiger partial charge in [-0.2, -0.15) is 5.10 Å². The lowest BCUT2D eigenvalue weighted by Gasteiger charge is -2.00. The van der Waals surface area contributed by atoms with Crippen molar-refractivity contribution in [1.29, 1.82) is 0 Å². The minimum absolute atomic E-state index is 0.238. The van der Waals surface area contributed by atoms with Crippen LogP contribution in [0.25, 0.3) is 0 Å². The number of benzene rings is 1. The summed E-state index contributed by atoms with van der Waals surface area (Å²) >= 11 is 0. The maximum atomic E-state index is 11.7. The molecule has 0 atom stereocenters. The molecule has 0 fully saturated rings. The van der Waals surface area contributed by atoms with Gasteiger partial charge in [-0.3, -0.25) is 4.79 Å². The van der Waals surface area contributed by atoms with E-state index >= 15 is 0 Å².